The van der Waals surface area contributed by atoms with Crippen LogP contribution in [0.25, 0.3) is 0 Å². The van der Waals surface area contributed by atoms with Gasteiger partial charge in [0.15, 0.2) is 0 Å². The van der Waals surface area contributed by atoms with Crippen molar-refractivity contribution in [1.29, 1.82) is 0 Å². The third kappa shape index (κ3) is 9.64. The zero-order chi connectivity index (χ0) is 15.8. The summed E-state index contributed by atoms with van der Waals surface area (Å²) in [6, 6.07) is 0. The molecule has 5 nitrogen and oxygen atoms in total. The van der Waals surface area contributed by atoms with Gasteiger partial charge in [0.25, 0.3) is 0 Å². The van der Waals surface area contributed by atoms with Gasteiger partial charge in [0.2, 0.25) is 0 Å². The van der Waals surface area contributed by atoms with Gasteiger partial charge in [-0.3, -0.25) is 4.79 Å². The molecule has 0 saturated carbocycles. The number of carboxylic acid groups (broad SMARTS) is 1. The van der Waals surface area contributed by atoms with Crippen LogP contribution >= 0.6 is 0 Å². The molecular formula is C15H29NO4. The maximum absolute atomic E-state index is 11.4. The highest BCUT2D eigenvalue weighted by molar-refractivity contribution is 5.67. The van der Waals surface area contributed by atoms with Gasteiger partial charge in [-0.2, -0.15) is 0 Å². The van der Waals surface area contributed by atoms with Gasteiger partial charge >= 0.3 is 12.1 Å². The van der Waals surface area contributed by atoms with E-state index in [1.807, 2.05) is 13.8 Å². The van der Waals surface area contributed by atoms with Crippen molar-refractivity contribution in [3.63, 3.8) is 0 Å². The summed E-state index contributed by atoms with van der Waals surface area (Å²) < 4.78 is 5.02. The van der Waals surface area contributed by atoms with Crippen molar-refractivity contribution in [2.24, 2.45) is 17.3 Å². The normalized spacial score (nSPS) is 13.1. The van der Waals surface area contributed by atoms with Crippen molar-refractivity contribution in [1.82, 2.24) is 5.32 Å². The molecule has 0 saturated heterocycles. The van der Waals surface area contributed by atoms with Gasteiger partial charge in [0.05, 0.1) is 6.61 Å². The van der Waals surface area contributed by atoms with E-state index in [9.17, 15) is 9.59 Å². The minimum atomic E-state index is -0.774. The van der Waals surface area contributed by atoms with E-state index in [2.05, 4.69) is 26.1 Å². The summed E-state index contributed by atoms with van der Waals surface area (Å²) >= 11 is 0. The quantitative estimate of drug-likeness (QED) is 0.718. The molecule has 1 unspecified atom stereocenters. The summed E-state index contributed by atoms with van der Waals surface area (Å²) in [5.74, 6) is -0.203. The standard InChI is InChI=1S/C15H29NO4/c1-11(2)10-20-14(19)16-9-8-12(15(3,4)5)6-7-13(17)18/h11-12H,6-10H2,1-5H3,(H,16,19)(H,17,18). The fourth-order valence-electron chi connectivity index (χ4n) is 1.95. The van der Waals surface area contributed by atoms with E-state index >= 15 is 0 Å². The van der Waals surface area contributed by atoms with E-state index in [0.29, 0.717) is 25.5 Å². The topological polar surface area (TPSA) is 75.6 Å². The zero-order valence-corrected chi connectivity index (χ0v) is 13.4. The van der Waals surface area contributed by atoms with Crippen molar-refractivity contribution in [3.8, 4) is 0 Å². The van der Waals surface area contributed by atoms with Gasteiger partial charge in [-0.05, 0) is 30.1 Å². The SMILES string of the molecule is CC(C)COC(=O)NCCC(CCC(=O)O)C(C)(C)C. The summed E-state index contributed by atoms with van der Waals surface area (Å²) in [4.78, 5) is 22.1. The molecule has 5 heteroatoms. The Balaban J connectivity index is 4.07. The van der Waals surface area contributed by atoms with Gasteiger partial charge in [-0.25, -0.2) is 4.79 Å². The molecule has 0 radical (unpaired) electrons. The van der Waals surface area contributed by atoms with Gasteiger partial charge in [-0.1, -0.05) is 34.6 Å². The number of aliphatic carboxylic acids is 1. The van der Waals surface area contributed by atoms with Crippen LogP contribution in [-0.2, 0) is 9.53 Å². The van der Waals surface area contributed by atoms with Crippen molar-refractivity contribution in [3.05, 3.63) is 0 Å². The average molecular weight is 287 g/mol. The number of carbonyl (C=O) groups excluding carboxylic acids is 1. The maximum Gasteiger partial charge on any atom is 0.407 e. The highest BCUT2D eigenvalue weighted by atomic mass is 16.5. The third-order valence-electron chi connectivity index (χ3n) is 3.24. The Kier molecular flexibility index (Phi) is 8.26. The summed E-state index contributed by atoms with van der Waals surface area (Å²) in [6.07, 6.45) is 1.15. The van der Waals surface area contributed by atoms with Crippen LogP contribution in [-0.4, -0.2) is 30.3 Å². The largest absolute Gasteiger partial charge is 0.481 e. The number of hydrogen-bond acceptors (Lipinski definition) is 3. The van der Waals surface area contributed by atoms with E-state index in [1.165, 1.54) is 0 Å². The van der Waals surface area contributed by atoms with Crippen molar-refractivity contribution < 1.29 is 19.4 Å². The fourth-order valence-corrected chi connectivity index (χ4v) is 1.95. The summed E-state index contributed by atoms with van der Waals surface area (Å²) in [5.41, 5.74) is 0.0268. The molecule has 0 aromatic rings. The van der Waals surface area contributed by atoms with Crippen LogP contribution in [0, 0.1) is 17.3 Å². The first-order chi connectivity index (χ1) is 9.12. The molecule has 2 N–H and O–H groups in total. The van der Waals surface area contributed by atoms with Gasteiger partial charge in [0, 0.05) is 13.0 Å². The molecule has 1 amide bonds. The Hall–Kier alpha value is -1.26. The first-order valence-electron chi connectivity index (χ1n) is 7.25. The molecule has 0 bridgehead atoms. The number of rotatable bonds is 8. The second kappa shape index (κ2) is 8.82. The Labute approximate surface area is 122 Å². The van der Waals surface area contributed by atoms with E-state index in [4.69, 9.17) is 9.84 Å². The van der Waals surface area contributed by atoms with Crippen LogP contribution in [0.2, 0.25) is 0 Å². The molecule has 0 aliphatic heterocycles. The van der Waals surface area contributed by atoms with Gasteiger partial charge in [-0.15, -0.1) is 0 Å². The maximum atomic E-state index is 11.4. The minimum absolute atomic E-state index is 0.0268. The highest BCUT2D eigenvalue weighted by Crippen LogP contribution is 2.32. The van der Waals surface area contributed by atoms with Crippen LogP contribution in [0.5, 0.6) is 0 Å². The highest BCUT2D eigenvalue weighted by Gasteiger charge is 2.24. The number of hydrogen-bond donors (Lipinski definition) is 2. The number of carbonyl (C=O) groups is 2. The molecule has 0 aliphatic rings. The number of alkyl carbamates (subject to hydrolysis) is 1. The molecule has 0 aliphatic carbocycles. The van der Waals surface area contributed by atoms with Crippen LogP contribution < -0.4 is 5.32 Å². The van der Waals surface area contributed by atoms with Crippen molar-refractivity contribution in [2.45, 2.75) is 53.9 Å². The van der Waals surface area contributed by atoms with E-state index in [1.54, 1.807) is 0 Å². The summed E-state index contributed by atoms with van der Waals surface area (Å²) in [5, 5.41) is 11.5. The Morgan fingerprint density at radius 1 is 1.20 bits per heavy atom. The van der Waals surface area contributed by atoms with Crippen LogP contribution in [0.4, 0.5) is 4.79 Å². The fraction of sp³-hybridized carbons (Fsp3) is 0.867. The molecule has 1 atom stereocenters. The molecule has 118 valence electrons. The monoisotopic (exact) mass is 287 g/mol. The van der Waals surface area contributed by atoms with Gasteiger partial charge in [0.1, 0.15) is 0 Å². The van der Waals surface area contributed by atoms with Crippen LogP contribution in [0.1, 0.15) is 53.9 Å². The first-order valence-corrected chi connectivity index (χ1v) is 7.25. The first kappa shape index (κ1) is 18.7. The molecular weight excluding hydrogens is 258 g/mol. The lowest BCUT2D eigenvalue weighted by Crippen LogP contribution is -2.31. The lowest BCUT2D eigenvalue weighted by atomic mass is 9.76. The summed E-state index contributed by atoms with van der Waals surface area (Å²) in [6.45, 7) is 11.2. The number of ether oxygens (including phenoxy) is 1. The molecule has 0 aromatic heterocycles. The minimum Gasteiger partial charge on any atom is -0.481 e. The predicted molar refractivity (Wildman–Crippen MR) is 78.6 cm³/mol. The lowest BCUT2D eigenvalue weighted by molar-refractivity contribution is -0.137. The average Bonchev–Trinajstić information content (AvgIpc) is 2.28. The Morgan fingerprint density at radius 2 is 1.80 bits per heavy atom. The van der Waals surface area contributed by atoms with Crippen molar-refractivity contribution in [2.75, 3.05) is 13.2 Å². The summed E-state index contributed by atoms with van der Waals surface area (Å²) in [7, 11) is 0. The number of amides is 1. The molecule has 0 aromatic carbocycles. The second-order valence-electron chi connectivity index (χ2n) is 6.70. The molecule has 0 rings (SSSR count). The van der Waals surface area contributed by atoms with Crippen LogP contribution in [0.15, 0.2) is 0 Å². The molecule has 0 spiro atoms. The smallest absolute Gasteiger partial charge is 0.407 e. The van der Waals surface area contributed by atoms with Gasteiger partial charge < -0.3 is 15.2 Å². The van der Waals surface area contributed by atoms with E-state index < -0.39 is 12.1 Å². The molecule has 0 fully saturated rings. The molecule has 20 heavy (non-hydrogen) atoms. The van der Waals surface area contributed by atoms with E-state index in [0.717, 1.165) is 6.42 Å². The number of carboxylic acids is 1. The second-order valence-corrected chi connectivity index (χ2v) is 6.70. The van der Waals surface area contributed by atoms with Crippen LogP contribution in [0.3, 0.4) is 0 Å². The number of nitrogens with one attached hydrogen (secondary N) is 1. The predicted octanol–water partition coefficient (Wildman–Crippen LogP) is 3.29. The van der Waals surface area contributed by atoms with Crippen molar-refractivity contribution >= 4 is 12.1 Å². The molecule has 0 heterocycles. The van der Waals surface area contributed by atoms with E-state index in [-0.39, 0.29) is 17.8 Å². The lowest BCUT2D eigenvalue weighted by Gasteiger charge is -2.30. The Bertz CT molecular complexity index is 307. The third-order valence-corrected chi connectivity index (χ3v) is 3.24. The zero-order valence-electron chi connectivity index (χ0n) is 13.4. The Morgan fingerprint density at radius 3 is 2.25 bits per heavy atom.